The molecule has 1 unspecified atom stereocenters. The summed E-state index contributed by atoms with van der Waals surface area (Å²) in [7, 11) is 1.95. The molecule has 5 heteroatoms. The van der Waals surface area contributed by atoms with Gasteiger partial charge < -0.3 is 10.1 Å². The Labute approximate surface area is 124 Å². The molecule has 0 saturated carbocycles. The van der Waals surface area contributed by atoms with E-state index in [2.05, 4.69) is 15.3 Å². The van der Waals surface area contributed by atoms with Crippen LogP contribution in [0, 0.1) is 13.8 Å². The van der Waals surface area contributed by atoms with E-state index in [1.165, 1.54) is 4.88 Å². The standard InChI is InChI=1S/C15H21N3OS/c1-9(2)19-13-6-12(7-17-8-13)14(16-5)15-10(3)18-11(4)20-15/h6-9,14,16H,1-5H3. The van der Waals surface area contributed by atoms with Crippen LogP contribution in [0.5, 0.6) is 5.75 Å². The summed E-state index contributed by atoms with van der Waals surface area (Å²) in [4.78, 5) is 10.0. The van der Waals surface area contributed by atoms with Gasteiger partial charge in [0.05, 0.1) is 29.0 Å². The highest BCUT2D eigenvalue weighted by atomic mass is 32.1. The number of rotatable bonds is 5. The predicted octanol–water partition coefficient (Wildman–Crippen LogP) is 3.25. The fourth-order valence-electron chi connectivity index (χ4n) is 2.19. The summed E-state index contributed by atoms with van der Waals surface area (Å²) in [6.45, 7) is 8.10. The zero-order chi connectivity index (χ0) is 14.7. The Kier molecular flexibility index (Phi) is 4.73. The van der Waals surface area contributed by atoms with Crippen LogP contribution in [0.2, 0.25) is 0 Å². The molecule has 0 saturated heterocycles. The summed E-state index contributed by atoms with van der Waals surface area (Å²) >= 11 is 1.72. The topological polar surface area (TPSA) is 47.0 Å². The average molecular weight is 291 g/mol. The molecule has 2 aromatic heterocycles. The molecule has 0 amide bonds. The minimum Gasteiger partial charge on any atom is -0.489 e. The maximum atomic E-state index is 5.72. The summed E-state index contributed by atoms with van der Waals surface area (Å²) in [5.41, 5.74) is 2.17. The molecule has 0 aliphatic carbocycles. The lowest BCUT2D eigenvalue weighted by atomic mass is 10.1. The maximum absolute atomic E-state index is 5.72. The van der Waals surface area contributed by atoms with Gasteiger partial charge in [-0.15, -0.1) is 11.3 Å². The molecule has 0 spiro atoms. The van der Waals surface area contributed by atoms with Crippen LogP contribution < -0.4 is 10.1 Å². The minimum absolute atomic E-state index is 0.101. The van der Waals surface area contributed by atoms with Crippen molar-refractivity contribution in [3.8, 4) is 5.75 Å². The summed E-state index contributed by atoms with van der Waals surface area (Å²) in [6.07, 6.45) is 3.77. The molecule has 0 fully saturated rings. The molecule has 2 aromatic rings. The second-order valence-corrected chi connectivity index (χ2v) is 6.26. The van der Waals surface area contributed by atoms with Gasteiger partial charge >= 0.3 is 0 Å². The zero-order valence-corrected chi connectivity index (χ0v) is 13.4. The van der Waals surface area contributed by atoms with Crippen molar-refractivity contribution >= 4 is 11.3 Å². The van der Waals surface area contributed by atoms with Crippen molar-refractivity contribution in [2.24, 2.45) is 0 Å². The third kappa shape index (κ3) is 3.35. The van der Waals surface area contributed by atoms with E-state index in [4.69, 9.17) is 4.74 Å². The van der Waals surface area contributed by atoms with Gasteiger partial charge in [-0.3, -0.25) is 4.98 Å². The Hall–Kier alpha value is -1.46. The number of pyridine rings is 1. The van der Waals surface area contributed by atoms with Crippen LogP contribution in [0.4, 0.5) is 0 Å². The molecule has 20 heavy (non-hydrogen) atoms. The first kappa shape index (κ1) is 14.9. The lowest BCUT2D eigenvalue weighted by Gasteiger charge is -2.17. The van der Waals surface area contributed by atoms with Crippen molar-refractivity contribution in [1.29, 1.82) is 0 Å². The first-order valence-electron chi connectivity index (χ1n) is 6.74. The Morgan fingerprint density at radius 2 is 2.00 bits per heavy atom. The van der Waals surface area contributed by atoms with E-state index >= 15 is 0 Å². The van der Waals surface area contributed by atoms with Crippen molar-refractivity contribution in [2.75, 3.05) is 7.05 Å². The largest absolute Gasteiger partial charge is 0.489 e. The Morgan fingerprint density at radius 1 is 1.25 bits per heavy atom. The fourth-order valence-corrected chi connectivity index (χ4v) is 3.26. The SMILES string of the molecule is CNC(c1cncc(OC(C)C)c1)c1sc(C)nc1C. The van der Waals surface area contributed by atoms with Crippen molar-refractivity contribution in [3.63, 3.8) is 0 Å². The quantitative estimate of drug-likeness (QED) is 0.918. The third-order valence-electron chi connectivity index (χ3n) is 2.93. The van der Waals surface area contributed by atoms with Gasteiger partial charge in [0, 0.05) is 11.1 Å². The van der Waals surface area contributed by atoms with Gasteiger partial charge in [-0.05, 0) is 46.4 Å². The van der Waals surface area contributed by atoms with Crippen LogP contribution in [0.3, 0.4) is 0 Å². The monoisotopic (exact) mass is 291 g/mol. The highest BCUT2D eigenvalue weighted by Gasteiger charge is 2.18. The van der Waals surface area contributed by atoms with E-state index in [0.717, 1.165) is 22.0 Å². The number of thiazole rings is 1. The molecule has 0 aliphatic heterocycles. The first-order valence-corrected chi connectivity index (χ1v) is 7.55. The van der Waals surface area contributed by atoms with Gasteiger partial charge in [0.25, 0.3) is 0 Å². The molecule has 0 bridgehead atoms. The van der Waals surface area contributed by atoms with Gasteiger partial charge in [-0.2, -0.15) is 0 Å². The number of hydrogen-bond donors (Lipinski definition) is 1. The highest BCUT2D eigenvalue weighted by Crippen LogP contribution is 2.30. The Bertz CT molecular complexity index is 580. The number of hydrogen-bond acceptors (Lipinski definition) is 5. The molecule has 4 nitrogen and oxygen atoms in total. The summed E-state index contributed by atoms with van der Waals surface area (Å²) in [5, 5.41) is 4.43. The van der Waals surface area contributed by atoms with Gasteiger partial charge in [0.1, 0.15) is 5.75 Å². The Morgan fingerprint density at radius 3 is 2.55 bits per heavy atom. The molecule has 2 rings (SSSR count). The number of nitrogens with one attached hydrogen (secondary N) is 1. The van der Waals surface area contributed by atoms with Gasteiger partial charge in [0.15, 0.2) is 0 Å². The van der Waals surface area contributed by atoms with Gasteiger partial charge in [0.2, 0.25) is 0 Å². The van der Waals surface area contributed by atoms with E-state index in [-0.39, 0.29) is 12.1 Å². The van der Waals surface area contributed by atoms with Gasteiger partial charge in [-0.1, -0.05) is 0 Å². The van der Waals surface area contributed by atoms with E-state index in [9.17, 15) is 0 Å². The first-order chi connectivity index (χ1) is 9.51. The summed E-state index contributed by atoms with van der Waals surface area (Å²) in [5.74, 6) is 0.802. The number of aryl methyl sites for hydroxylation is 2. The van der Waals surface area contributed by atoms with Crippen LogP contribution in [0.25, 0.3) is 0 Å². The van der Waals surface area contributed by atoms with Crippen LogP contribution >= 0.6 is 11.3 Å². The van der Waals surface area contributed by atoms with Crippen molar-refractivity contribution < 1.29 is 4.74 Å². The van der Waals surface area contributed by atoms with Crippen molar-refractivity contribution in [2.45, 2.75) is 39.8 Å². The third-order valence-corrected chi connectivity index (χ3v) is 4.07. The average Bonchev–Trinajstić information content (AvgIpc) is 2.69. The summed E-state index contributed by atoms with van der Waals surface area (Å²) in [6, 6.07) is 2.15. The Balaban J connectivity index is 2.34. The minimum atomic E-state index is 0.101. The van der Waals surface area contributed by atoms with Crippen LogP contribution in [0.15, 0.2) is 18.5 Å². The molecular weight excluding hydrogens is 270 g/mol. The molecule has 0 aromatic carbocycles. The van der Waals surface area contributed by atoms with E-state index < -0.39 is 0 Å². The molecule has 1 N–H and O–H groups in total. The smallest absolute Gasteiger partial charge is 0.138 e. The van der Waals surface area contributed by atoms with Crippen LogP contribution in [-0.4, -0.2) is 23.1 Å². The second kappa shape index (κ2) is 6.33. The molecule has 2 heterocycles. The van der Waals surface area contributed by atoms with E-state index in [0.29, 0.717) is 0 Å². The summed E-state index contributed by atoms with van der Waals surface area (Å²) < 4.78 is 5.72. The molecule has 0 aliphatic rings. The number of aromatic nitrogens is 2. The van der Waals surface area contributed by atoms with Crippen LogP contribution in [-0.2, 0) is 0 Å². The molecule has 0 radical (unpaired) electrons. The highest BCUT2D eigenvalue weighted by molar-refractivity contribution is 7.11. The van der Waals surface area contributed by atoms with Crippen molar-refractivity contribution in [3.05, 3.63) is 39.6 Å². The maximum Gasteiger partial charge on any atom is 0.138 e. The van der Waals surface area contributed by atoms with Crippen molar-refractivity contribution in [1.82, 2.24) is 15.3 Å². The normalized spacial score (nSPS) is 12.7. The fraction of sp³-hybridized carbons (Fsp3) is 0.467. The van der Waals surface area contributed by atoms with E-state index in [1.54, 1.807) is 17.5 Å². The molecular formula is C15H21N3OS. The van der Waals surface area contributed by atoms with Crippen LogP contribution in [0.1, 0.15) is 41.0 Å². The lowest BCUT2D eigenvalue weighted by molar-refractivity contribution is 0.241. The van der Waals surface area contributed by atoms with Gasteiger partial charge in [-0.25, -0.2) is 4.98 Å². The number of ether oxygens (including phenoxy) is 1. The zero-order valence-electron chi connectivity index (χ0n) is 12.6. The van der Waals surface area contributed by atoms with E-state index in [1.807, 2.05) is 47.0 Å². The molecule has 108 valence electrons. The second-order valence-electron chi connectivity index (χ2n) is 5.02. The molecule has 1 atom stereocenters. The predicted molar refractivity (Wildman–Crippen MR) is 82.5 cm³/mol. The number of nitrogens with zero attached hydrogens (tertiary/aromatic N) is 2. The lowest BCUT2D eigenvalue weighted by Crippen LogP contribution is -2.18.